The second-order valence-corrected chi connectivity index (χ2v) is 7.68. The summed E-state index contributed by atoms with van der Waals surface area (Å²) in [5.41, 5.74) is 4.09. The molecular weight excluding hydrogens is 370 g/mol. The molecule has 28 heavy (non-hydrogen) atoms. The monoisotopic (exact) mass is 391 g/mol. The molecule has 3 aromatic rings. The minimum absolute atomic E-state index is 0.0691. The van der Waals surface area contributed by atoms with Crippen LogP contribution in [0.3, 0.4) is 0 Å². The number of rotatable bonds is 4. The van der Waals surface area contributed by atoms with Crippen molar-refractivity contribution in [2.45, 2.75) is 19.5 Å². The summed E-state index contributed by atoms with van der Waals surface area (Å²) >= 11 is 1.46. The van der Waals surface area contributed by atoms with Crippen molar-refractivity contribution in [3.8, 4) is 0 Å². The Kier molecular flexibility index (Phi) is 5.39. The van der Waals surface area contributed by atoms with Crippen LogP contribution in [0.2, 0.25) is 0 Å². The van der Waals surface area contributed by atoms with Crippen molar-refractivity contribution < 1.29 is 9.59 Å². The summed E-state index contributed by atoms with van der Waals surface area (Å²) in [6.07, 6.45) is 0.826. The van der Waals surface area contributed by atoms with Crippen LogP contribution in [0.1, 0.15) is 26.4 Å². The van der Waals surface area contributed by atoms with Crippen LogP contribution in [-0.2, 0) is 19.5 Å². The fourth-order valence-electron chi connectivity index (χ4n) is 3.32. The third kappa shape index (κ3) is 4.23. The summed E-state index contributed by atoms with van der Waals surface area (Å²) in [6, 6.07) is 19.2. The smallest absolute Gasteiger partial charge is 0.319 e. The molecule has 0 bridgehead atoms. The van der Waals surface area contributed by atoms with Crippen LogP contribution in [0.5, 0.6) is 0 Å². The summed E-state index contributed by atoms with van der Waals surface area (Å²) in [5, 5.41) is 7.66. The van der Waals surface area contributed by atoms with Gasteiger partial charge < -0.3 is 15.5 Å². The molecule has 0 atom stereocenters. The Morgan fingerprint density at radius 3 is 2.64 bits per heavy atom. The average molecular weight is 391 g/mol. The first-order chi connectivity index (χ1) is 13.7. The number of amides is 3. The lowest BCUT2D eigenvalue weighted by Gasteiger charge is -2.29. The van der Waals surface area contributed by atoms with Gasteiger partial charge in [0.25, 0.3) is 5.91 Å². The van der Waals surface area contributed by atoms with E-state index in [1.54, 1.807) is 0 Å². The van der Waals surface area contributed by atoms with Crippen LogP contribution in [0.15, 0.2) is 66.0 Å². The van der Waals surface area contributed by atoms with E-state index in [1.807, 2.05) is 70.9 Å². The number of fused-ring (bicyclic) bond motifs is 1. The Morgan fingerprint density at radius 1 is 1.00 bits per heavy atom. The number of benzene rings is 2. The molecule has 0 saturated heterocycles. The Morgan fingerprint density at radius 2 is 1.86 bits per heavy atom. The first-order valence-electron chi connectivity index (χ1n) is 9.22. The highest BCUT2D eigenvalue weighted by molar-refractivity contribution is 7.12. The van der Waals surface area contributed by atoms with E-state index in [1.165, 1.54) is 16.9 Å². The van der Waals surface area contributed by atoms with Crippen molar-refractivity contribution in [1.29, 1.82) is 0 Å². The number of hydrogen-bond acceptors (Lipinski definition) is 3. The lowest BCUT2D eigenvalue weighted by molar-refractivity contribution is 0.0739. The molecule has 1 aliphatic heterocycles. The van der Waals surface area contributed by atoms with E-state index in [0.717, 1.165) is 28.1 Å². The lowest BCUT2D eigenvalue weighted by Crippen LogP contribution is -2.35. The molecule has 3 amide bonds. The molecule has 4 rings (SSSR count). The molecule has 5 nitrogen and oxygen atoms in total. The topological polar surface area (TPSA) is 61.4 Å². The number of urea groups is 1. The molecule has 0 fully saturated rings. The third-order valence-electron chi connectivity index (χ3n) is 4.79. The minimum Gasteiger partial charge on any atom is -0.334 e. The quantitative estimate of drug-likeness (QED) is 0.698. The Balaban J connectivity index is 1.39. The van der Waals surface area contributed by atoms with E-state index in [4.69, 9.17) is 0 Å². The van der Waals surface area contributed by atoms with Gasteiger partial charge in [0.2, 0.25) is 0 Å². The zero-order valence-electron chi connectivity index (χ0n) is 15.4. The third-order valence-corrected chi connectivity index (χ3v) is 5.65. The van der Waals surface area contributed by atoms with Gasteiger partial charge in [-0.2, -0.15) is 0 Å². The maximum Gasteiger partial charge on any atom is 0.319 e. The highest BCUT2D eigenvalue weighted by Gasteiger charge is 2.22. The van der Waals surface area contributed by atoms with Gasteiger partial charge in [0, 0.05) is 25.3 Å². The van der Waals surface area contributed by atoms with Gasteiger partial charge >= 0.3 is 6.03 Å². The first kappa shape index (κ1) is 18.3. The summed E-state index contributed by atoms with van der Waals surface area (Å²) in [5.74, 6) is 0.0691. The van der Waals surface area contributed by atoms with Gasteiger partial charge in [0.05, 0.1) is 4.88 Å². The van der Waals surface area contributed by atoms with E-state index in [9.17, 15) is 9.59 Å². The van der Waals surface area contributed by atoms with Crippen molar-refractivity contribution >= 4 is 29.0 Å². The van der Waals surface area contributed by atoms with Gasteiger partial charge in [0.15, 0.2) is 0 Å². The molecule has 0 spiro atoms. The van der Waals surface area contributed by atoms with E-state index >= 15 is 0 Å². The molecule has 6 heteroatoms. The molecule has 2 heterocycles. The second-order valence-electron chi connectivity index (χ2n) is 6.73. The molecule has 0 saturated carbocycles. The molecule has 0 aliphatic carbocycles. The fourth-order valence-corrected chi connectivity index (χ4v) is 4.01. The van der Waals surface area contributed by atoms with Crippen LogP contribution in [0.25, 0.3) is 0 Å². The number of thiophene rings is 1. The highest BCUT2D eigenvalue weighted by atomic mass is 32.1. The van der Waals surface area contributed by atoms with E-state index in [2.05, 4.69) is 10.6 Å². The number of nitrogens with zero attached hydrogens (tertiary/aromatic N) is 1. The molecular formula is C22H21N3O2S. The molecule has 1 aliphatic rings. The molecule has 0 unspecified atom stereocenters. The largest absolute Gasteiger partial charge is 0.334 e. The number of anilines is 1. The summed E-state index contributed by atoms with van der Waals surface area (Å²) in [4.78, 5) is 27.4. The molecule has 1 aromatic heterocycles. The van der Waals surface area contributed by atoms with Crippen molar-refractivity contribution in [3.63, 3.8) is 0 Å². The molecule has 0 radical (unpaired) electrons. The van der Waals surface area contributed by atoms with Crippen molar-refractivity contribution in [2.24, 2.45) is 0 Å². The SMILES string of the molecule is O=C(NCc1ccccc1)Nc1ccc2c(c1)CN(C(=O)c1cccs1)CC2. The average Bonchev–Trinajstić information content (AvgIpc) is 3.27. The van der Waals surface area contributed by atoms with Crippen LogP contribution in [0, 0.1) is 0 Å². The number of carbonyl (C=O) groups is 2. The number of nitrogens with one attached hydrogen (secondary N) is 2. The number of carbonyl (C=O) groups excluding carboxylic acids is 2. The Labute approximate surface area is 168 Å². The van der Waals surface area contributed by atoms with E-state index in [-0.39, 0.29) is 11.9 Å². The van der Waals surface area contributed by atoms with Gasteiger partial charge in [-0.1, -0.05) is 42.5 Å². The second kappa shape index (κ2) is 8.27. The zero-order valence-corrected chi connectivity index (χ0v) is 16.2. The van der Waals surface area contributed by atoms with Gasteiger partial charge in [-0.3, -0.25) is 4.79 Å². The molecule has 142 valence electrons. The van der Waals surface area contributed by atoms with Crippen LogP contribution in [0.4, 0.5) is 10.5 Å². The van der Waals surface area contributed by atoms with Gasteiger partial charge in [-0.25, -0.2) is 4.79 Å². The van der Waals surface area contributed by atoms with Gasteiger partial charge in [0.1, 0.15) is 0 Å². The first-order valence-corrected chi connectivity index (χ1v) is 10.1. The zero-order chi connectivity index (χ0) is 19.3. The van der Waals surface area contributed by atoms with Crippen molar-refractivity contribution in [1.82, 2.24) is 10.2 Å². The van der Waals surface area contributed by atoms with Crippen molar-refractivity contribution in [3.05, 3.63) is 87.6 Å². The van der Waals surface area contributed by atoms with E-state index < -0.39 is 0 Å². The minimum atomic E-state index is -0.244. The maximum absolute atomic E-state index is 12.6. The van der Waals surface area contributed by atoms with Crippen LogP contribution < -0.4 is 10.6 Å². The maximum atomic E-state index is 12.6. The summed E-state index contributed by atoms with van der Waals surface area (Å²) in [6.45, 7) is 1.75. The Hall–Kier alpha value is -3.12. The van der Waals surface area contributed by atoms with E-state index in [0.29, 0.717) is 19.6 Å². The standard InChI is InChI=1S/C22H21N3O2S/c26-21(20-7-4-12-28-20)25-11-10-17-8-9-19(13-18(17)15-25)24-22(27)23-14-16-5-2-1-3-6-16/h1-9,12-13H,10-11,14-15H2,(H2,23,24,27). The highest BCUT2D eigenvalue weighted by Crippen LogP contribution is 2.24. The fraction of sp³-hybridized carbons (Fsp3) is 0.182. The van der Waals surface area contributed by atoms with Crippen molar-refractivity contribution in [2.75, 3.05) is 11.9 Å². The van der Waals surface area contributed by atoms with Gasteiger partial charge in [-0.05, 0) is 46.7 Å². The Bertz CT molecular complexity index is 971. The molecule has 2 aromatic carbocycles. The number of hydrogen-bond donors (Lipinski definition) is 2. The summed E-state index contributed by atoms with van der Waals surface area (Å²) < 4.78 is 0. The summed E-state index contributed by atoms with van der Waals surface area (Å²) in [7, 11) is 0. The predicted molar refractivity (Wildman–Crippen MR) is 112 cm³/mol. The molecule has 2 N–H and O–H groups in total. The lowest BCUT2D eigenvalue weighted by atomic mass is 9.99. The van der Waals surface area contributed by atoms with Crippen LogP contribution >= 0.6 is 11.3 Å². The predicted octanol–water partition coefficient (Wildman–Crippen LogP) is 4.27. The normalized spacial score (nSPS) is 12.9. The van der Waals surface area contributed by atoms with Gasteiger partial charge in [-0.15, -0.1) is 11.3 Å². The van der Waals surface area contributed by atoms with Crippen LogP contribution in [-0.4, -0.2) is 23.4 Å².